The van der Waals surface area contributed by atoms with Gasteiger partial charge in [-0.2, -0.15) is 0 Å². The van der Waals surface area contributed by atoms with E-state index < -0.39 is 6.09 Å². The van der Waals surface area contributed by atoms with E-state index in [1.807, 2.05) is 0 Å². The normalized spacial score (nSPS) is 10.8. The fourth-order valence-corrected chi connectivity index (χ4v) is 2.82. The summed E-state index contributed by atoms with van der Waals surface area (Å²) in [7, 11) is 0. The molecule has 0 bridgehead atoms. The Balaban J connectivity index is 2.95. The summed E-state index contributed by atoms with van der Waals surface area (Å²) in [6, 6.07) is 0. The quantitative estimate of drug-likeness (QED) is 0.318. The molecule has 0 spiro atoms. The van der Waals surface area contributed by atoms with Crippen LogP contribution in [0.5, 0.6) is 0 Å². The van der Waals surface area contributed by atoms with Gasteiger partial charge in [0.2, 0.25) is 0 Å². The minimum absolute atomic E-state index is 0.480. The van der Waals surface area contributed by atoms with Crippen LogP contribution in [0.1, 0.15) is 110 Å². The highest BCUT2D eigenvalue weighted by Crippen LogP contribution is 2.13. The predicted octanol–water partition coefficient (Wildman–Crippen LogP) is 6.34. The van der Waals surface area contributed by atoms with Gasteiger partial charge >= 0.3 is 6.09 Å². The topological polar surface area (TPSA) is 52.3 Å². The van der Waals surface area contributed by atoms with Crippen LogP contribution in [0.25, 0.3) is 0 Å². The van der Waals surface area contributed by atoms with E-state index in [9.17, 15) is 4.79 Å². The smallest absolute Gasteiger partial charge is 0.404 e. The van der Waals surface area contributed by atoms with Gasteiger partial charge in [-0.1, -0.05) is 103 Å². The lowest BCUT2D eigenvalue weighted by atomic mass is 10.0. The third-order valence-corrected chi connectivity index (χ3v) is 4.24. The Kier molecular flexibility index (Phi) is 17.7. The van der Waals surface area contributed by atoms with E-state index in [0.29, 0.717) is 6.61 Å². The number of ether oxygens (including phenoxy) is 1. The van der Waals surface area contributed by atoms with Gasteiger partial charge < -0.3 is 10.5 Å². The van der Waals surface area contributed by atoms with Crippen LogP contribution in [-0.2, 0) is 4.74 Å². The van der Waals surface area contributed by atoms with Crippen LogP contribution in [0.15, 0.2) is 0 Å². The molecule has 3 nitrogen and oxygen atoms in total. The lowest BCUT2D eigenvalue weighted by molar-refractivity contribution is 0.154. The van der Waals surface area contributed by atoms with Crippen molar-refractivity contribution >= 4 is 6.09 Å². The van der Waals surface area contributed by atoms with Crippen LogP contribution in [-0.4, -0.2) is 12.7 Å². The molecule has 0 aromatic carbocycles. The van der Waals surface area contributed by atoms with Crippen molar-refractivity contribution in [3.63, 3.8) is 0 Å². The zero-order chi connectivity index (χ0) is 16.3. The van der Waals surface area contributed by atoms with Crippen LogP contribution in [0.4, 0.5) is 4.79 Å². The SMILES string of the molecule is CCCCCCCCCCCCCCCCCCOC(N)=O. The summed E-state index contributed by atoms with van der Waals surface area (Å²) >= 11 is 0. The summed E-state index contributed by atoms with van der Waals surface area (Å²) in [5.41, 5.74) is 4.90. The van der Waals surface area contributed by atoms with Gasteiger partial charge in [0, 0.05) is 0 Å². The van der Waals surface area contributed by atoms with Crippen molar-refractivity contribution in [2.24, 2.45) is 5.73 Å². The van der Waals surface area contributed by atoms with Crippen molar-refractivity contribution in [3.05, 3.63) is 0 Å². The third kappa shape index (κ3) is 19.3. The summed E-state index contributed by atoms with van der Waals surface area (Å²) in [5, 5.41) is 0. The van der Waals surface area contributed by atoms with Crippen LogP contribution in [0.3, 0.4) is 0 Å². The number of hydrogen-bond donors (Lipinski definition) is 1. The van der Waals surface area contributed by atoms with E-state index in [0.717, 1.165) is 12.8 Å². The van der Waals surface area contributed by atoms with Crippen molar-refractivity contribution in [2.75, 3.05) is 6.61 Å². The monoisotopic (exact) mass is 313 g/mol. The molecule has 1 amide bonds. The van der Waals surface area contributed by atoms with Gasteiger partial charge in [-0.05, 0) is 6.42 Å². The minimum atomic E-state index is -0.652. The third-order valence-electron chi connectivity index (χ3n) is 4.24. The average Bonchev–Trinajstić information content (AvgIpc) is 2.50. The second-order valence-electron chi connectivity index (χ2n) is 6.47. The molecule has 0 unspecified atom stereocenters. The largest absolute Gasteiger partial charge is 0.450 e. The van der Waals surface area contributed by atoms with Crippen molar-refractivity contribution in [3.8, 4) is 0 Å². The Morgan fingerprint density at radius 3 is 1.27 bits per heavy atom. The zero-order valence-corrected chi connectivity index (χ0v) is 14.9. The molecule has 0 aliphatic carbocycles. The molecule has 0 aliphatic heterocycles. The van der Waals surface area contributed by atoms with Crippen molar-refractivity contribution < 1.29 is 9.53 Å². The van der Waals surface area contributed by atoms with Gasteiger partial charge in [-0.3, -0.25) is 0 Å². The van der Waals surface area contributed by atoms with E-state index in [-0.39, 0.29) is 0 Å². The molecule has 2 N–H and O–H groups in total. The molecule has 22 heavy (non-hydrogen) atoms. The summed E-state index contributed by atoms with van der Waals surface area (Å²) in [6.07, 6.45) is 21.0. The summed E-state index contributed by atoms with van der Waals surface area (Å²) in [6.45, 7) is 2.76. The van der Waals surface area contributed by atoms with Gasteiger partial charge in [0.15, 0.2) is 0 Å². The lowest BCUT2D eigenvalue weighted by Gasteiger charge is -2.04. The first-order chi connectivity index (χ1) is 10.8. The first-order valence-corrected chi connectivity index (χ1v) is 9.69. The van der Waals surface area contributed by atoms with Crippen molar-refractivity contribution in [1.82, 2.24) is 0 Å². The molecule has 0 fully saturated rings. The second-order valence-corrected chi connectivity index (χ2v) is 6.47. The first kappa shape index (κ1) is 21.3. The van der Waals surface area contributed by atoms with Crippen molar-refractivity contribution in [1.29, 1.82) is 0 Å². The Hall–Kier alpha value is -0.730. The molecule has 0 saturated carbocycles. The Morgan fingerprint density at radius 2 is 0.955 bits per heavy atom. The molecule has 0 aromatic heterocycles. The minimum Gasteiger partial charge on any atom is -0.450 e. The van der Waals surface area contributed by atoms with E-state index >= 15 is 0 Å². The highest BCUT2D eigenvalue weighted by Gasteiger charge is 1.96. The van der Waals surface area contributed by atoms with Crippen LogP contribution >= 0.6 is 0 Å². The average molecular weight is 314 g/mol. The van der Waals surface area contributed by atoms with Gasteiger partial charge in [0.05, 0.1) is 6.61 Å². The number of hydrogen-bond acceptors (Lipinski definition) is 2. The number of rotatable bonds is 17. The summed E-state index contributed by atoms with van der Waals surface area (Å²) in [4.78, 5) is 10.4. The fourth-order valence-electron chi connectivity index (χ4n) is 2.82. The number of primary amides is 1. The highest BCUT2D eigenvalue weighted by molar-refractivity contribution is 5.64. The number of amides is 1. The maximum absolute atomic E-state index is 10.4. The number of carbonyl (C=O) groups excluding carboxylic acids is 1. The van der Waals surface area contributed by atoms with E-state index in [1.165, 1.54) is 89.9 Å². The maximum Gasteiger partial charge on any atom is 0.404 e. The van der Waals surface area contributed by atoms with E-state index in [1.54, 1.807) is 0 Å². The lowest BCUT2D eigenvalue weighted by Crippen LogP contribution is -2.13. The number of nitrogens with two attached hydrogens (primary N) is 1. The van der Waals surface area contributed by atoms with Gasteiger partial charge in [0.25, 0.3) is 0 Å². The standard InChI is InChI=1S/C19H39NO2/c1-2-3-4-5-6-7-8-9-10-11-12-13-14-15-16-17-18-22-19(20)21/h2-18H2,1H3,(H2,20,21). The molecule has 0 rings (SSSR count). The summed E-state index contributed by atoms with van der Waals surface area (Å²) in [5.74, 6) is 0. The van der Waals surface area contributed by atoms with Crippen molar-refractivity contribution in [2.45, 2.75) is 110 Å². The molecule has 0 atom stereocenters. The Bertz CT molecular complexity index is 231. The molecule has 0 heterocycles. The Morgan fingerprint density at radius 1 is 0.636 bits per heavy atom. The second kappa shape index (κ2) is 18.3. The molecule has 3 heteroatoms. The predicted molar refractivity (Wildman–Crippen MR) is 95.1 cm³/mol. The molecule has 0 radical (unpaired) electrons. The molecule has 0 aromatic rings. The van der Waals surface area contributed by atoms with Gasteiger partial charge in [-0.25, -0.2) is 4.79 Å². The molecule has 0 saturated heterocycles. The van der Waals surface area contributed by atoms with E-state index in [4.69, 9.17) is 10.5 Å². The van der Waals surface area contributed by atoms with Gasteiger partial charge in [-0.15, -0.1) is 0 Å². The van der Waals surface area contributed by atoms with Gasteiger partial charge in [0.1, 0.15) is 0 Å². The first-order valence-electron chi connectivity index (χ1n) is 9.69. The number of unbranched alkanes of at least 4 members (excludes halogenated alkanes) is 15. The van der Waals surface area contributed by atoms with E-state index in [2.05, 4.69) is 6.92 Å². The molecule has 132 valence electrons. The highest BCUT2D eigenvalue weighted by atomic mass is 16.5. The zero-order valence-electron chi connectivity index (χ0n) is 14.9. The fraction of sp³-hybridized carbons (Fsp3) is 0.947. The van der Waals surface area contributed by atoms with Crippen LogP contribution < -0.4 is 5.73 Å². The molecular formula is C19H39NO2. The van der Waals surface area contributed by atoms with Crippen LogP contribution in [0.2, 0.25) is 0 Å². The van der Waals surface area contributed by atoms with Crippen LogP contribution in [0, 0.1) is 0 Å². The molecule has 0 aliphatic rings. The Labute approximate surface area is 138 Å². The maximum atomic E-state index is 10.4. The molecular weight excluding hydrogens is 274 g/mol. The number of carbonyl (C=O) groups is 1. The summed E-state index contributed by atoms with van der Waals surface area (Å²) < 4.78 is 4.70.